The maximum Gasteiger partial charge on any atom is 0.305 e. The average Bonchev–Trinajstić information content (AvgIpc) is 1.82. The molecule has 0 bridgehead atoms. The zero-order chi connectivity index (χ0) is 65.8. The second-order valence-electron chi connectivity index (χ2n) is 27.1. The van der Waals surface area contributed by atoms with Crippen LogP contribution in [0.2, 0.25) is 0 Å². The lowest BCUT2D eigenvalue weighted by molar-refractivity contribution is -0.302. The molecule has 7 unspecified atom stereocenters. The van der Waals surface area contributed by atoms with Crippen LogP contribution in [0.4, 0.5) is 0 Å². The van der Waals surface area contributed by atoms with E-state index in [-0.39, 0.29) is 18.5 Å². The molecule has 0 aliphatic carbocycles. The number of aliphatic hydroxyl groups excluding tert-OH is 5. The summed E-state index contributed by atoms with van der Waals surface area (Å²) in [5, 5.41) is 54.3. The summed E-state index contributed by atoms with van der Waals surface area (Å²) in [6, 6.07) is -0.832. The maximum atomic E-state index is 13.0. The van der Waals surface area contributed by atoms with E-state index in [1.54, 1.807) is 6.08 Å². The van der Waals surface area contributed by atoms with Crippen molar-refractivity contribution < 1.29 is 49.3 Å². The molecule has 0 aromatic heterocycles. The molecule has 0 saturated carbocycles. The fourth-order valence-corrected chi connectivity index (χ4v) is 12.3. The van der Waals surface area contributed by atoms with E-state index in [9.17, 15) is 35.1 Å². The number of carbonyl (C=O) groups excluding carboxylic acids is 2. The minimum atomic E-state index is -1.58. The Balaban J connectivity index is 1.87. The summed E-state index contributed by atoms with van der Waals surface area (Å²) in [6.07, 6.45) is 82.9. The zero-order valence-corrected chi connectivity index (χ0v) is 59.3. The number of rotatable bonds is 69. The van der Waals surface area contributed by atoms with E-state index in [0.717, 1.165) is 64.2 Å². The second-order valence-corrected chi connectivity index (χ2v) is 27.1. The number of ether oxygens (including phenoxy) is 3. The monoisotopic (exact) mass is 1280 g/mol. The highest BCUT2D eigenvalue weighted by molar-refractivity contribution is 5.76. The van der Waals surface area contributed by atoms with Crippen LogP contribution in [0.1, 0.15) is 373 Å². The minimum Gasteiger partial charge on any atom is -0.466 e. The third-order valence-corrected chi connectivity index (χ3v) is 18.4. The van der Waals surface area contributed by atoms with Gasteiger partial charge >= 0.3 is 5.97 Å². The van der Waals surface area contributed by atoms with Gasteiger partial charge in [0.15, 0.2) is 6.29 Å². The third kappa shape index (κ3) is 57.3. The molecule has 6 N–H and O–H groups in total. The van der Waals surface area contributed by atoms with E-state index < -0.39 is 49.5 Å². The predicted molar refractivity (Wildman–Crippen MR) is 384 cm³/mol. The van der Waals surface area contributed by atoms with Crippen LogP contribution in [0.15, 0.2) is 60.8 Å². The van der Waals surface area contributed by atoms with Crippen molar-refractivity contribution >= 4 is 11.9 Å². The number of hydrogen-bond acceptors (Lipinski definition) is 10. The van der Waals surface area contributed by atoms with E-state index in [1.165, 1.54) is 283 Å². The summed E-state index contributed by atoms with van der Waals surface area (Å²) in [6.45, 7) is 4.13. The largest absolute Gasteiger partial charge is 0.466 e. The maximum absolute atomic E-state index is 13.0. The van der Waals surface area contributed by atoms with Crippen molar-refractivity contribution in [1.29, 1.82) is 0 Å². The Morgan fingerprint density at radius 3 is 1.21 bits per heavy atom. The van der Waals surface area contributed by atoms with Gasteiger partial charge in [0, 0.05) is 12.8 Å². The van der Waals surface area contributed by atoms with Gasteiger partial charge < -0.3 is 45.1 Å². The van der Waals surface area contributed by atoms with Crippen LogP contribution in [0.3, 0.4) is 0 Å². The Labute approximate surface area is 560 Å². The molecule has 0 aromatic rings. The van der Waals surface area contributed by atoms with E-state index in [0.29, 0.717) is 19.4 Å². The fourth-order valence-electron chi connectivity index (χ4n) is 12.3. The summed E-state index contributed by atoms with van der Waals surface area (Å²) in [5.74, 6) is -0.182. The first kappa shape index (κ1) is 86.4. The van der Waals surface area contributed by atoms with Gasteiger partial charge in [0.2, 0.25) is 5.91 Å². The lowest BCUT2D eigenvalue weighted by atomic mass is 9.99. The van der Waals surface area contributed by atoms with Crippen LogP contribution < -0.4 is 5.32 Å². The molecule has 7 atom stereocenters. The normalized spacial score (nSPS) is 17.9. The van der Waals surface area contributed by atoms with Gasteiger partial charge in [-0.1, -0.05) is 337 Å². The summed E-state index contributed by atoms with van der Waals surface area (Å²) >= 11 is 0. The molecular weight excluding hydrogens is 1130 g/mol. The van der Waals surface area contributed by atoms with Gasteiger partial charge in [-0.05, 0) is 84.0 Å². The molecule has 1 saturated heterocycles. The molecule has 532 valence electrons. The molecule has 0 spiro atoms. The highest BCUT2D eigenvalue weighted by atomic mass is 16.7. The SMILES string of the molecule is C/C=C/CC/C=C/CC/C=C/C(O)C(COC1OC(CO)C(O)C(O)C1O)NC(=O)CCCCCCCCCCCCCCCCCCC/C=C\C/C=C\CCCCCCCCCCCCCOC(=O)CCCCCCCCCCCCCCCCCCCCC. The molecule has 1 fully saturated rings. The summed E-state index contributed by atoms with van der Waals surface area (Å²) < 4.78 is 16.7. The highest BCUT2D eigenvalue weighted by Gasteiger charge is 2.44. The molecule has 91 heavy (non-hydrogen) atoms. The third-order valence-electron chi connectivity index (χ3n) is 18.4. The average molecular weight is 1280 g/mol. The van der Waals surface area contributed by atoms with Crippen LogP contribution in [0, 0.1) is 0 Å². The Kier molecular flexibility index (Phi) is 65.2. The molecule has 11 nitrogen and oxygen atoms in total. The van der Waals surface area contributed by atoms with Crippen LogP contribution >= 0.6 is 0 Å². The van der Waals surface area contributed by atoms with Gasteiger partial charge in [0.05, 0.1) is 32.0 Å². The fraction of sp³-hybridized carbons (Fsp3) is 0.850. The van der Waals surface area contributed by atoms with Gasteiger partial charge in [0.25, 0.3) is 0 Å². The van der Waals surface area contributed by atoms with Crippen molar-refractivity contribution in [2.24, 2.45) is 0 Å². The Morgan fingerprint density at radius 2 is 0.791 bits per heavy atom. The van der Waals surface area contributed by atoms with Gasteiger partial charge in [-0.25, -0.2) is 0 Å². The van der Waals surface area contributed by atoms with Crippen LogP contribution in [0.25, 0.3) is 0 Å². The van der Waals surface area contributed by atoms with E-state index in [2.05, 4.69) is 54.8 Å². The van der Waals surface area contributed by atoms with Gasteiger partial charge in [-0.3, -0.25) is 9.59 Å². The first-order valence-electron chi connectivity index (χ1n) is 39.0. The number of carbonyl (C=O) groups is 2. The number of aliphatic hydroxyl groups is 5. The van der Waals surface area contributed by atoms with Crippen molar-refractivity contribution in [1.82, 2.24) is 5.32 Å². The first-order chi connectivity index (χ1) is 44.7. The molecule has 0 aromatic carbocycles. The Bertz CT molecular complexity index is 1700. The van der Waals surface area contributed by atoms with Crippen molar-refractivity contribution in [3.8, 4) is 0 Å². The number of nitrogens with one attached hydrogen (secondary N) is 1. The minimum absolute atomic E-state index is 0.0148. The molecule has 1 heterocycles. The second kappa shape index (κ2) is 68.7. The zero-order valence-electron chi connectivity index (χ0n) is 59.3. The first-order valence-corrected chi connectivity index (χ1v) is 39.0. The van der Waals surface area contributed by atoms with Crippen molar-refractivity contribution in [3.05, 3.63) is 60.8 Å². The molecule has 1 aliphatic rings. The lowest BCUT2D eigenvalue weighted by Gasteiger charge is -2.40. The summed E-state index contributed by atoms with van der Waals surface area (Å²) in [7, 11) is 0. The Morgan fingerprint density at radius 1 is 0.429 bits per heavy atom. The Hall–Kier alpha value is -2.64. The molecular formula is C80H147NO10. The van der Waals surface area contributed by atoms with Crippen molar-refractivity contribution in [2.45, 2.75) is 416 Å². The van der Waals surface area contributed by atoms with E-state index >= 15 is 0 Å². The van der Waals surface area contributed by atoms with Crippen LogP contribution in [-0.2, 0) is 23.8 Å². The summed E-state index contributed by atoms with van der Waals surface area (Å²) in [4.78, 5) is 25.1. The quantitative estimate of drug-likeness (QED) is 0.0195. The predicted octanol–water partition coefficient (Wildman–Crippen LogP) is 20.9. The molecule has 11 heteroatoms. The van der Waals surface area contributed by atoms with E-state index in [4.69, 9.17) is 14.2 Å². The van der Waals surface area contributed by atoms with Gasteiger partial charge in [-0.2, -0.15) is 0 Å². The highest BCUT2D eigenvalue weighted by Crippen LogP contribution is 2.24. The van der Waals surface area contributed by atoms with Gasteiger partial charge in [-0.15, -0.1) is 0 Å². The summed E-state index contributed by atoms with van der Waals surface area (Å²) in [5.41, 5.74) is 0. The number of allylic oxidation sites excluding steroid dienone is 9. The molecule has 0 radical (unpaired) electrons. The van der Waals surface area contributed by atoms with Crippen LogP contribution in [0.5, 0.6) is 0 Å². The van der Waals surface area contributed by atoms with Crippen molar-refractivity contribution in [2.75, 3.05) is 19.8 Å². The lowest BCUT2D eigenvalue weighted by Crippen LogP contribution is -2.60. The number of hydrogen-bond donors (Lipinski definition) is 6. The van der Waals surface area contributed by atoms with Crippen molar-refractivity contribution in [3.63, 3.8) is 0 Å². The number of unbranched alkanes of at least 4 members (excludes halogenated alkanes) is 48. The molecule has 1 amide bonds. The van der Waals surface area contributed by atoms with Crippen LogP contribution in [-0.4, -0.2) is 100 Å². The number of esters is 1. The smallest absolute Gasteiger partial charge is 0.305 e. The molecule has 1 rings (SSSR count). The molecule has 1 aliphatic heterocycles. The standard InChI is InChI=1S/C80H147NO10/c1-3-5-7-9-11-13-14-15-16-17-35-39-42-45-48-52-56-60-64-68-76(85)89-69-65-61-57-53-49-46-43-40-37-34-32-30-28-26-24-22-20-18-19-21-23-25-27-29-31-33-36-38-41-44-47-51-55-59-63-67-75(84)81-72(73(83)66-62-58-54-50-12-10-8-6-4-2)71-90-80-79(88)78(87)77(86)74(70-82)91-80/h4,6,12,20,22,26,28,50,62,66,72-74,77-80,82-83,86-88H,3,5,7-11,13-19,21,23-25,27,29-49,51-61,63-65,67-71H2,1-2H3,(H,81,84)/b6-4+,22-20-,28-26-,50-12+,66-62+. The van der Waals surface area contributed by atoms with Gasteiger partial charge in [0.1, 0.15) is 24.4 Å². The topological polar surface area (TPSA) is 175 Å². The number of amides is 1. The van der Waals surface area contributed by atoms with E-state index in [1.807, 2.05) is 19.1 Å².